The van der Waals surface area contributed by atoms with Crippen LogP contribution in [-0.2, 0) is 33.5 Å². The molecule has 0 saturated heterocycles. The number of carbonyl (C=O) groups is 5. The molecule has 0 fully saturated rings. The molecule has 4 aromatic heterocycles. The maximum absolute atomic E-state index is 13.4. The number of Topliss-reactive ketones (excluding diaryl/α,β-unsaturated/α-hetero) is 1. The van der Waals surface area contributed by atoms with Crippen LogP contribution in [0.3, 0.4) is 0 Å². The second kappa shape index (κ2) is 30.1. The Morgan fingerprint density at radius 1 is 0.552 bits per heavy atom. The molecule has 11 aromatic rings. The summed E-state index contributed by atoms with van der Waals surface area (Å²) in [5.74, 6) is -0.772. The highest BCUT2D eigenvalue weighted by molar-refractivity contribution is 6.99. The number of nitrogens with one attached hydrogen (secondary N) is 3. The molecule has 4 N–H and O–H groups in total. The summed E-state index contributed by atoms with van der Waals surface area (Å²) in [5, 5.41) is 19.0. The fourth-order valence-electron chi connectivity index (χ4n) is 8.56. The predicted molar refractivity (Wildman–Crippen MR) is 331 cm³/mol. The zero-order valence-corrected chi connectivity index (χ0v) is 49.6. The van der Waals surface area contributed by atoms with Crippen LogP contribution >= 0.6 is 11.7 Å². The van der Waals surface area contributed by atoms with Crippen molar-refractivity contribution >= 4 is 75.2 Å². The normalized spacial score (nSPS) is 12.5. The number of aliphatic hydroxyl groups excluding tert-OH is 1. The number of para-hydroxylation sites is 6. The van der Waals surface area contributed by atoms with Gasteiger partial charge in [0, 0.05) is 12.0 Å². The van der Waals surface area contributed by atoms with Crippen LogP contribution in [0.5, 0.6) is 0 Å². The first kappa shape index (κ1) is 62.9. The van der Waals surface area contributed by atoms with Gasteiger partial charge in [-0.05, 0) is 107 Å². The molecule has 0 bridgehead atoms. The number of oxazole rings is 3. The highest BCUT2D eigenvalue weighted by Crippen LogP contribution is 2.26. The third-order valence-corrected chi connectivity index (χ3v) is 13.0. The fraction of sp³-hybridized carbons (Fsp3) is 0.224. The quantitative estimate of drug-likeness (QED) is 0.0517. The molecule has 4 atom stereocenters. The minimum Gasteiger partial charge on any atom is -0.444 e. The van der Waals surface area contributed by atoms with Gasteiger partial charge in [-0.3, -0.25) is 9.59 Å². The number of fused-ring (bicyclic) bond motifs is 3. The Hall–Kier alpha value is -10.2. The van der Waals surface area contributed by atoms with E-state index in [1.165, 1.54) is 6.39 Å². The first-order valence-corrected chi connectivity index (χ1v) is 28.6. The lowest BCUT2D eigenvalue weighted by Crippen LogP contribution is -2.43. The molecule has 11 rings (SSSR count). The number of aromatic nitrogens is 5. The van der Waals surface area contributed by atoms with Crippen LogP contribution in [0.15, 0.2) is 214 Å². The average Bonchev–Trinajstić information content (AvgIpc) is 2.36. The number of ether oxygens (including phenoxy) is 2. The van der Waals surface area contributed by atoms with Gasteiger partial charge in [0.15, 0.2) is 34.9 Å². The van der Waals surface area contributed by atoms with Crippen LogP contribution in [0.2, 0.25) is 0 Å². The van der Waals surface area contributed by atoms with Gasteiger partial charge in [0.1, 0.15) is 45.8 Å². The Labute approximate surface area is 506 Å². The molecular formula is C67H66N8O11S. The summed E-state index contributed by atoms with van der Waals surface area (Å²) in [5.41, 5.74) is 7.18. The molecule has 7 aromatic carbocycles. The molecule has 446 valence electrons. The Balaban J connectivity index is 0.000000163. The SMILES string of the molecule is CC(C)(C)OC(=O)NC(C=O)Cc1ccccc1.CC(C)(C)OC(=O)NC(Cc1ccccc1)C(O)c1nc2ccccc2o1.O=C(NC(Cc1ccccc1)C(=O)c1nc2ccccc2o1)c1nsnc1-c1ccccc1.c1ccc2ocnc2c1. The highest BCUT2D eigenvalue weighted by atomic mass is 32.1. The van der Waals surface area contributed by atoms with Crippen molar-refractivity contribution < 1.29 is 51.8 Å². The van der Waals surface area contributed by atoms with Crippen molar-refractivity contribution in [2.75, 3.05) is 0 Å². The number of ketones is 1. The Morgan fingerprint density at radius 3 is 1.57 bits per heavy atom. The van der Waals surface area contributed by atoms with E-state index in [2.05, 4.69) is 39.6 Å². The van der Waals surface area contributed by atoms with Crippen molar-refractivity contribution in [3.8, 4) is 11.3 Å². The molecular weight excluding hydrogens is 1120 g/mol. The second-order valence-electron chi connectivity index (χ2n) is 21.7. The monoisotopic (exact) mass is 1190 g/mol. The molecule has 0 spiro atoms. The summed E-state index contributed by atoms with van der Waals surface area (Å²) in [7, 11) is 0. The smallest absolute Gasteiger partial charge is 0.408 e. The Morgan fingerprint density at radius 2 is 1.03 bits per heavy atom. The molecule has 0 radical (unpaired) electrons. The summed E-state index contributed by atoms with van der Waals surface area (Å²) >= 11 is 0.952. The van der Waals surface area contributed by atoms with E-state index in [1.807, 2.05) is 176 Å². The highest BCUT2D eigenvalue weighted by Gasteiger charge is 2.31. The van der Waals surface area contributed by atoms with Crippen LogP contribution < -0.4 is 16.0 Å². The Bertz CT molecular complexity index is 3880. The van der Waals surface area contributed by atoms with Crippen LogP contribution in [0.4, 0.5) is 9.59 Å². The van der Waals surface area contributed by atoms with Crippen molar-refractivity contribution in [3.63, 3.8) is 0 Å². The first-order valence-electron chi connectivity index (χ1n) is 27.8. The topological polar surface area (TPSA) is 264 Å². The lowest BCUT2D eigenvalue weighted by molar-refractivity contribution is -0.109. The average molecular weight is 1190 g/mol. The van der Waals surface area contributed by atoms with Crippen LogP contribution in [-0.4, -0.2) is 88.3 Å². The molecule has 4 heterocycles. The first-order chi connectivity index (χ1) is 41.9. The van der Waals surface area contributed by atoms with E-state index in [9.17, 15) is 29.1 Å². The van der Waals surface area contributed by atoms with Gasteiger partial charge < -0.3 is 48.6 Å². The van der Waals surface area contributed by atoms with Crippen LogP contribution in [0.1, 0.15) is 91.4 Å². The molecule has 3 amide bonds. The summed E-state index contributed by atoms with van der Waals surface area (Å²) < 4.78 is 35.3. The molecule has 19 nitrogen and oxygen atoms in total. The van der Waals surface area contributed by atoms with Crippen molar-refractivity contribution in [1.29, 1.82) is 0 Å². The molecule has 20 heteroatoms. The molecule has 0 saturated carbocycles. The van der Waals surface area contributed by atoms with E-state index in [0.29, 0.717) is 40.7 Å². The van der Waals surface area contributed by atoms with Gasteiger partial charge in [0.05, 0.1) is 23.8 Å². The lowest BCUT2D eigenvalue weighted by Gasteiger charge is -2.25. The summed E-state index contributed by atoms with van der Waals surface area (Å²) in [6, 6.07) is 57.9. The van der Waals surface area contributed by atoms with Gasteiger partial charge in [-0.2, -0.15) is 8.75 Å². The largest absolute Gasteiger partial charge is 0.444 e. The van der Waals surface area contributed by atoms with Crippen molar-refractivity contribution in [3.05, 3.63) is 235 Å². The second-order valence-corrected chi connectivity index (χ2v) is 22.2. The minimum atomic E-state index is -1.12. The summed E-state index contributed by atoms with van der Waals surface area (Å²) in [6.45, 7) is 10.7. The van der Waals surface area contributed by atoms with Crippen molar-refractivity contribution in [1.82, 2.24) is 39.6 Å². The lowest BCUT2D eigenvalue weighted by atomic mass is 10.0. The number of alkyl carbamates (subject to hydrolysis) is 2. The number of hydrogen-bond donors (Lipinski definition) is 4. The van der Waals surface area contributed by atoms with Gasteiger partial charge in [0.2, 0.25) is 11.7 Å². The molecule has 87 heavy (non-hydrogen) atoms. The third kappa shape index (κ3) is 19.2. The number of amides is 3. The molecule has 0 aliphatic rings. The standard InChI is InChI=1S/C25H18N4O3S.C21H24N2O4.C14H19NO3.C7H5NO/c30-23(25-27-18-13-7-8-14-20(18)32-25)19(15-16-9-3-1-4-10-16)26-24(31)22-21(28-33-29-22)17-11-5-2-6-12-17;1-21(2,3)27-20(25)23-16(13-14-9-5-4-6-10-14)18(24)19-22-15-11-7-8-12-17(15)26-19;1-14(2,3)18-13(17)15-12(10-16)9-11-7-5-4-6-8-11;1-2-4-7-6(3-1)8-5-9-7/h1-14,19H,15H2,(H,26,31);4-12,16,18,24H,13H2,1-3H3,(H,23,25);4-8,10,12H,9H2,1-3H3,(H,15,17);1-5H. The number of hydrogen-bond acceptors (Lipinski definition) is 17. The number of nitrogens with zero attached hydrogens (tertiary/aromatic N) is 5. The number of carbonyl (C=O) groups excluding carboxylic acids is 5. The molecule has 0 aliphatic heterocycles. The zero-order chi connectivity index (χ0) is 61.8. The third-order valence-electron chi connectivity index (χ3n) is 12.5. The number of aldehydes is 1. The van der Waals surface area contributed by atoms with Gasteiger partial charge in [0.25, 0.3) is 11.8 Å². The van der Waals surface area contributed by atoms with Gasteiger partial charge in [-0.25, -0.2) is 24.5 Å². The summed E-state index contributed by atoms with van der Waals surface area (Å²) in [6.07, 6.45) is 1.02. The van der Waals surface area contributed by atoms with Gasteiger partial charge in [-0.1, -0.05) is 158 Å². The van der Waals surface area contributed by atoms with E-state index in [1.54, 1.807) is 59.7 Å². The molecule has 4 unspecified atom stereocenters. The van der Waals surface area contributed by atoms with Crippen LogP contribution in [0, 0.1) is 0 Å². The van der Waals surface area contributed by atoms with Crippen molar-refractivity contribution in [2.45, 2.75) is 96.2 Å². The number of benzene rings is 7. The van der Waals surface area contributed by atoms with E-state index < -0.39 is 59.3 Å². The van der Waals surface area contributed by atoms with E-state index >= 15 is 0 Å². The molecule has 0 aliphatic carbocycles. The van der Waals surface area contributed by atoms with E-state index in [-0.39, 0.29) is 23.9 Å². The van der Waals surface area contributed by atoms with E-state index in [0.717, 1.165) is 51.4 Å². The maximum atomic E-state index is 13.4. The number of rotatable bonds is 16. The van der Waals surface area contributed by atoms with Crippen molar-refractivity contribution in [2.24, 2.45) is 0 Å². The fourth-order valence-corrected chi connectivity index (χ4v) is 9.12. The maximum Gasteiger partial charge on any atom is 0.408 e. The Kier molecular flexibility index (Phi) is 21.7. The minimum absolute atomic E-state index is 0.0443. The summed E-state index contributed by atoms with van der Waals surface area (Å²) in [4.78, 5) is 73.9. The van der Waals surface area contributed by atoms with Crippen LogP contribution in [0.25, 0.3) is 44.6 Å². The zero-order valence-electron chi connectivity index (χ0n) is 48.7. The van der Waals surface area contributed by atoms with Gasteiger partial charge in [-0.15, -0.1) is 0 Å². The van der Waals surface area contributed by atoms with E-state index in [4.69, 9.17) is 22.7 Å². The predicted octanol–water partition coefficient (Wildman–Crippen LogP) is 12.7. The number of aliphatic hydroxyl groups is 1. The van der Waals surface area contributed by atoms with Gasteiger partial charge >= 0.3 is 12.2 Å².